The number of hydrogen-bond acceptors (Lipinski definition) is 4. The molecule has 1 rings (SSSR count). The molecule has 0 spiro atoms. The van der Waals surface area contributed by atoms with Crippen LogP contribution in [-0.2, 0) is 4.74 Å². The van der Waals surface area contributed by atoms with Crippen molar-refractivity contribution in [2.45, 2.75) is 26.4 Å². The number of guanidine groups is 1. The molecule has 1 aromatic rings. The second-order valence-corrected chi connectivity index (χ2v) is 7.08. The van der Waals surface area contributed by atoms with Gasteiger partial charge in [-0.2, -0.15) is 0 Å². The van der Waals surface area contributed by atoms with Gasteiger partial charge >= 0.3 is 6.09 Å². The van der Waals surface area contributed by atoms with Crippen LogP contribution in [0.25, 0.3) is 0 Å². The van der Waals surface area contributed by atoms with Gasteiger partial charge in [-0.1, -0.05) is 22.0 Å². The molecule has 26 heavy (non-hydrogen) atoms. The molecular formula is C17H28BrIN4O3. The molecule has 3 N–H and O–H groups in total. The van der Waals surface area contributed by atoms with E-state index in [0.29, 0.717) is 32.2 Å². The zero-order valence-electron chi connectivity index (χ0n) is 15.6. The van der Waals surface area contributed by atoms with Crippen molar-refractivity contribution in [2.24, 2.45) is 4.99 Å². The Morgan fingerprint density at radius 2 is 1.81 bits per heavy atom. The summed E-state index contributed by atoms with van der Waals surface area (Å²) in [6, 6.07) is 7.68. The van der Waals surface area contributed by atoms with Gasteiger partial charge in [0.2, 0.25) is 0 Å². The zero-order valence-corrected chi connectivity index (χ0v) is 19.5. The standard InChI is InChI=1S/C17H27BrN4O3.HI/c1-17(2,3)25-16(23)22-9-8-20-15(19-4)21-10-11-24-14-7-5-6-13(18)12-14;/h5-7,12H,8-11H2,1-4H3,(H,22,23)(H2,19,20,21);1H. The predicted molar refractivity (Wildman–Crippen MR) is 119 cm³/mol. The van der Waals surface area contributed by atoms with Crippen molar-refractivity contribution in [2.75, 3.05) is 33.3 Å². The van der Waals surface area contributed by atoms with Crippen LogP contribution in [0.2, 0.25) is 0 Å². The van der Waals surface area contributed by atoms with Crippen LogP contribution in [0.4, 0.5) is 4.79 Å². The van der Waals surface area contributed by atoms with Crippen LogP contribution in [0, 0.1) is 0 Å². The van der Waals surface area contributed by atoms with E-state index < -0.39 is 11.7 Å². The summed E-state index contributed by atoms with van der Waals surface area (Å²) in [5.41, 5.74) is -0.497. The Bertz CT molecular complexity index is 579. The fourth-order valence-corrected chi connectivity index (χ4v) is 2.15. The molecule has 9 heteroatoms. The first-order chi connectivity index (χ1) is 11.8. The molecule has 0 fully saturated rings. The summed E-state index contributed by atoms with van der Waals surface area (Å²) < 4.78 is 11.8. The minimum absolute atomic E-state index is 0. The highest BCUT2D eigenvalue weighted by Gasteiger charge is 2.15. The first-order valence-electron chi connectivity index (χ1n) is 8.10. The molecule has 0 aliphatic rings. The first kappa shape index (κ1) is 24.8. The van der Waals surface area contributed by atoms with Gasteiger partial charge in [0.05, 0.1) is 6.54 Å². The van der Waals surface area contributed by atoms with Gasteiger partial charge in [0.25, 0.3) is 0 Å². The van der Waals surface area contributed by atoms with E-state index >= 15 is 0 Å². The van der Waals surface area contributed by atoms with Gasteiger partial charge in [0.15, 0.2) is 5.96 Å². The van der Waals surface area contributed by atoms with Crippen molar-refractivity contribution in [1.82, 2.24) is 16.0 Å². The molecule has 0 saturated carbocycles. The SMILES string of the molecule is CN=C(NCCNC(=O)OC(C)(C)C)NCCOc1cccc(Br)c1.I. The van der Waals surface area contributed by atoms with Gasteiger partial charge in [-0.3, -0.25) is 4.99 Å². The number of alkyl carbamates (subject to hydrolysis) is 1. The molecule has 7 nitrogen and oxygen atoms in total. The Hall–Kier alpha value is -1.23. The Morgan fingerprint density at radius 1 is 1.15 bits per heavy atom. The van der Waals surface area contributed by atoms with Gasteiger partial charge in [-0.05, 0) is 39.0 Å². The van der Waals surface area contributed by atoms with E-state index in [1.54, 1.807) is 7.05 Å². The third-order valence-corrected chi connectivity index (χ3v) is 3.26. The Labute approximate surface area is 180 Å². The normalized spacial score (nSPS) is 11.2. The van der Waals surface area contributed by atoms with Crippen molar-refractivity contribution in [3.05, 3.63) is 28.7 Å². The number of amides is 1. The lowest BCUT2D eigenvalue weighted by atomic mass is 10.2. The highest BCUT2D eigenvalue weighted by atomic mass is 127. The molecule has 0 radical (unpaired) electrons. The number of nitrogens with zero attached hydrogens (tertiary/aromatic N) is 1. The quantitative estimate of drug-likeness (QED) is 0.213. The molecule has 148 valence electrons. The molecule has 0 aliphatic carbocycles. The van der Waals surface area contributed by atoms with Crippen molar-refractivity contribution < 1.29 is 14.3 Å². The minimum atomic E-state index is -0.497. The number of carbonyl (C=O) groups excluding carboxylic acids is 1. The van der Waals surface area contributed by atoms with Crippen LogP contribution in [0.5, 0.6) is 5.75 Å². The molecule has 0 bridgehead atoms. The summed E-state index contributed by atoms with van der Waals surface area (Å²) in [5, 5.41) is 8.92. The van der Waals surface area contributed by atoms with Crippen LogP contribution in [0.1, 0.15) is 20.8 Å². The third-order valence-electron chi connectivity index (χ3n) is 2.77. The van der Waals surface area contributed by atoms with Gasteiger partial charge in [0, 0.05) is 24.6 Å². The van der Waals surface area contributed by atoms with Gasteiger partial charge in [-0.15, -0.1) is 24.0 Å². The molecule has 0 saturated heterocycles. The number of hydrogen-bond donors (Lipinski definition) is 3. The van der Waals surface area contributed by atoms with Crippen molar-refractivity contribution in [3.63, 3.8) is 0 Å². The maximum absolute atomic E-state index is 11.5. The molecular weight excluding hydrogens is 515 g/mol. The summed E-state index contributed by atoms with van der Waals surface area (Å²) in [6.07, 6.45) is -0.431. The average Bonchev–Trinajstić information content (AvgIpc) is 2.51. The predicted octanol–water partition coefficient (Wildman–Crippen LogP) is 3.14. The van der Waals surface area contributed by atoms with Gasteiger partial charge < -0.3 is 25.4 Å². The lowest BCUT2D eigenvalue weighted by Crippen LogP contribution is -2.43. The fourth-order valence-electron chi connectivity index (χ4n) is 1.78. The summed E-state index contributed by atoms with van der Waals surface area (Å²) in [4.78, 5) is 15.6. The number of ether oxygens (including phenoxy) is 2. The summed E-state index contributed by atoms with van der Waals surface area (Å²) in [6.45, 7) is 7.56. The zero-order chi connectivity index (χ0) is 18.7. The van der Waals surface area contributed by atoms with Crippen LogP contribution in [0.3, 0.4) is 0 Å². The van der Waals surface area contributed by atoms with Gasteiger partial charge in [0.1, 0.15) is 18.0 Å². The van der Waals surface area contributed by atoms with E-state index in [1.165, 1.54) is 0 Å². The van der Waals surface area contributed by atoms with Crippen molar-refractivity contribution in [1.29, 1.82) is 0 Å². The second-order valence-electron chi connectivity index (χ2n) is 6.16. The van der Waals surface area contributed by atoms with Crippen LogP contribution in [-0.4, -0.2) is 50.9 Å². The van der Waals surface area contributed by atoms with E-state index in [4.69, 9.17) is 9.47 Å². The fraction of sp³-hybridized carbons (Fsp3) is 0.529. The number of aliphatic imine (C=N–C) groups is 1. The highest BCUT2D eigenvalue weighted by Crippen LogP contribution is 2.17. The number of carbonyl (C=O) groups is 1. The van der Waals surface area contributed by atoms with E-state index in [1.807, 2.05) is 45.0 Å². The Morgan fingerprint density at radius 3 is 2.42 bits per heavy atom. The lowest BCUT2D eigenvalue weighted by Gasteiger charge is -2.19. The minimum Gasteiger partial charge on any atom is -0.492 e. The van der Waals surface area contributed by atoms with Gasteiger partial charge in [-0.25, -0.2) is 4.79 Å². The maximum Gasteiger partial charge on any atom is 0.407 e. The average molecular weight is 543 g/mol. The number of nitrogens with one attached hydrogen (secondary N) is 3. The highest BCUT2D eigenvalue weighted by molar-refractivity contribution is 14.0. The molecule has 1 aromatic carbocycles. The van der Waals surface area contributed by atoms with E-state index in [-0.39, 0.29) is 24.0 Å². The first-order valence-corrected chi connectivity index (χ1v) is 8.89. The monoisotopic (exact) mass is 542 g/mol. The largest absolute Gasteiger partial charge is 0.492 e. The summed E-state index contributed by atoms with van der Waals surface area (Å²) in [7, 11) is 1.69. The van der Waals surface area contributed by atoms with Crippen LogP contribution >= 0.6 is 39.9 Å². The van der Waals surface area contributed by atoms with E-state index in [9.17, 15) is 4.79 Å². The number of rotatable bonds is 7. The number of benzene rings is 1. The van der Waals surface area contributed by atoms with E-state index in [2.05, 4.69) is 36.9 Å². The summed E-state index contributed by atoms with van der Waals surface area (Å²) >= 11 is 3.40. The molecule has 1 amide bonds. The Kier molecular flexibility index (Phi) is 12.4. The molecule has 0 unspecified atom stereocenters. The second kappa shape index (κ2) is 13.0. The summed E-state index contributed by atoms with van der Waals surface area (Å²) in [5.74, 6) is 1.45. The van der Waals surface area contributed by atoms with Crippen molar-refractivity contribution in [3.8, 4) is 5.75 Å². The van der Waals surface area contributed by atoms with Crippen LogP contribution in [0.15, 0.2) is 33.7 Å². The van der Waals surface area contributed by atoms with Crippen molar-refractivity contribution >= 4 is 52.0 Å². The van der Waals surface area contributed by atoms with Crippen LogP contribution < -0.4 is 20.7 Å². The number of halogens is 2. The lowest BCUT2D eigenvalue weighted by molar-refractivity contribution is 0.0529. The molecule has 0 heterocycles. The third kappa shape index (κ3) is 12.2. The smallest absolute Gasteiger partial charge is 0.407 e. The topological polar surface area (TPSA) is 84.0 Å². The maximum atomic E-state index is 11.5. The molecule has 0 aliphatic heterocycles. The molecule has 0 aromatic heterocycles. The van der Waals surface area contributed by atoms with E-state index in [0.717, 1.165) is 10.2 Å². The molecule has 0 atom stereocenters. The Balaban J connectivity index is 0.00000625.